The van der Waals surface area contributed by atoms with Gasteiger partial charge in [-0.3, -0.25) is 14.7 Å². The van der Waals surface area contributed by atoms with Crippen LogP contribution in [0, 0.1) is 11.8 Å². The van der Waals surface area contributed by atoms with Gasteiger partial charge in [0.1, 0.15) is 12.2 Å². The zero-order chi connectivity index (χ0) is 13.0. The molecule has 1 amide bonds. The molecule has 1 aliphatic carbocycles. The molecule has 1 aliphatic rings. The SMILES string of the molecule is O=C(O)C1CCC(C(=O)NCCc2ncn[nH]2)C1. The van der Waals surface area contributed by atoms with Crippen LogP contribution in [0.3, 0.4) is 0 Å². The number of carbonyl (C=O) groups excluding carboxylic acids is 1. The van der Waals surface area contributed by atoms with Gasteiger partial charge in [0.15, 0.2) is 0 Å². The number of H-pyrrole nitrogens is 1. The standard InChI is InChI=1S/C11H16N4O3/c16-10(7-1-2-8(5-7)11(17)18)12-4-3-9-13-6-14-15-9/h6-8H,1-5H2,(H,12,16)(H,17,18)(H,13,14,15). The van der Waals surface area contributed by atoms with Crippen molar-refractivity contribution in [2.75, 3.05) is 6.54 Å². The van der Waals surface area contributed by atoms with Crippen LogP contribution in [-0.2, 0) is 16.0 Å². The van der Waals surface area contributed by atoms with Crippen molar-refractivity contribution in [1.29, 1.82) is 0 Å². The fourth-order valence-electron chi connectivity index (χ4n) is 2.24. The Hall–Kier alpha value is -1.92. The molecule has 0 radical (unpaired) electrons. The number of hydrogen-bond donors (Lipinski definition) is 3. The molecule has 2 unspecified atom stereocenters. The van der Waals surface area contributed by atoms with Gasteiger partial charge in [-0.15, -0.1) is 0 Å². The van der Waals surface area contributed by atoms with Crippen molar-refractivity contribution in [3.05, 3.63) is 12.2 Å². The highest BCUT2D eigenvalue weighted by atomic mass is 16.4. The largest absolute Gasteiger partial charge is 0.481 e. The van der Waals surface area contributed by atoms with E-state index in [-0.39, 0.29) is 17.7 Å². The minimum absolute atomic E-state index is 0.0572. The number of carboxylic acid groups (broad SMARTS) is 1. The van der Waals surface area contributed by atoms with E-state index < -0.39 is 5.97 Å². The highest BCUT2D eigenvalue weighted by Gasteiger charge is 2.33. The molecule has 1 heterocycles. The summed E-state index contributed by atoms with van der Waals surface area (Å²) in [5, 5.41) is 18.1. The summed E-state index contributed by atoms with van der Waals surface area (Å²) in [6, 6.07) is 0. The van der Waals surface area contributed by atoms with E-state index in [1.54, 1.807) is 0 Å². The molecule has 1 aromatic rings. The van der Waals surface area contributed by atoms with E-state index in [9.17, 15) is 9.59 Å². The van der Waals surface area contributed by atoms with E-state index in [0.29, 0.717) is 32.2 Å². The molecule has 7 nitrogen and oxygen atoms in total. The molecule has 3 N–H and O–H groups in total. The Morgan fingerprint density at radius 1 is 1.44 bits per heavy atom. The van der Waals surface area contributed by atoms with Crippen LogP contribution >= 0.6 is 0 Å². The monoisotopic (exact) mass is 252 g/mol. The van der Waals surface area contributed by atoms with Crippen molar-refractivity contribution < 1.29 is 14.7 Å². The van der Waals surface area contributed by atoms with E-state index in [4.69, 9.17) is 5.11 Å². The lowest BCUT2D eigenvalue weighted by atomic mass is 10.0. The number of carboxylic acids is 1. The second-order valence-electron chi connectivity index (χ2n) is 4.52. The third kappa shape index (κ3) is 3.06. The molecule has 2 rings (SSSR count). The van der Waals surface area contributed by atoms with Gasteiger partial charge in [-0.1, -0.05) is 0 Å². The lowest BCUT2D eigenvalue weighted by Gasteiger charge is -2.09. The fraction of sp³-hybridized carbons (Fsp3) is 0.636. The van der Waals surface area contributed by atoms with Crippen LogP contribution in [0.15, 0.2) is 6.33 Å². The smallest absolute Gasteiger partial charge is 0.306 e. The normalized spacial score (nSPS) is 22.9. The van der Waals surface area contributed by atoms with E-state index >= 15 is 0 Å². The summed E-state index contributed by atoms with van der Waals surface area (Å²) in [6.07, 6.45) is 3.72. The number of hydrogen-bond acceptors (Lipinski definition) is 4. The first-order valence-electron chi connectivity index (χ1n) is 6.01. The molecule has 18 heavy (non-hydrogen) atoms. The van der Waals surface area contributed by atoms with Crippen molar-refractivity contribution in [2.45, 2.75) is 25.7 Å². The van der Waals surface area contributed by atoms with E-state index in [1.807, 2.05) is 0 Å². The zero-order valence-electron chi connectivity index (χ0n) is 9.93. The van der Waals surface area contributed by atoms with E-state index in [0.717, 1.165) is 5.82 Å². The third-order valence-corrected chi connectivity index (χ3v) is 3.28. The molecule has 98 valence electrons. The van der Waals surface area contributed by atoms with Gasteiger partial charge in [0.25, 0.3) is 0 Å². The molecule has 0 bridgehead atoms. The first kappa shape index (κ1) is 12.5. The summed E-state index contributed by atoms with van der Waals surface area (Å²) in [5.74, 6) is -0.661. The molecular formula is C11H16N4O3. The number of nitrogens with one attached hydrogen (secondary N) is 2. The summed E-state index contributed by atoms with van der Waals surface area (Å²) in [5.41, 5.74) is 0. The molecule has 0 aliphatic heterocycles. The lowest BCUT2D eigenvalue weighted by molar-refractivity contribution is -0.141. The van der Waals surface area contributed by atoms with Crippen LogP contribution in [-0.4, -0.2) is 38.7 Å². The summed E-state index contributed by atoms with van der Waals surface area (Å²) in [4.78, 5) is 26.5. The number of nitrogens with zero attached hydrogens (tertiary/aromatic N) is 2. The maximum atomic E-state index is 11.8. The Morgan fingerprint density at radius 3 is 2.83 bits per heavy atom. The Bertz CT molecular complexity index is 418. The van der Waals surface area contributed by atoms with Crippen LogP contribution in [0.4, 0.5) is 0 Å². The maximum Gasteiger partial charge on any atom is 0.306 e. The highest BCUT2D eigenvalue weighted by Crippen LogP contribution is 2.30. The number of aliphatic carboxylic acids is 1. The zero-order valence-corrected chi connectivity index (χ0v) is 9.93. The Morgan fingerprint density at radius 2 is 2.22 bits per heavy atom. The molecule has 0 saturated heterocycles. The second-order valence-corrected chi connectivity index (χ2v) is 4.52. The van der Waals surface area contributed by atoms with E-state index in [1.165, 1.54) is 6.33 Å². The first-order valence-corrected chi connectivity index (χ1v) is 6.01. The van der Waals surface area contributed by atoms with Crippen molar-refractivity contribution in [1.82, 2.24) is 20.5 Å². The molecular weight excluding hydrogens is 236 g/mol. The number of amides is 1. The van der Waals surface area contributed by atoms with Crippen molar-refractivity contribution in [3.8, 4) is 0 Å². The van der Waals surface area contributed by atoms with Gasteiger partial charge >= 0.3 is 5.97 Å². The van der Waals surface area contributed by atoms with Crippen LogP contribution < -0.4 is 5.32 Å². The molecule has 2 atom stereocenters. The number of aromatic amines is 1. The lowest BCUT2D eigenvalue weighted by Crippen LogP contribution is -2.31. The van der Waals surface area contributed by atoms with Crippen LogP contribution in [0.1, 0.15) is 25.1 Å². The first-order chi connectivity index (χ1) is 8.66. The third-order valence-electron chi connectivity index (χ3n) is 3.28. The fourth-order valence-corrected chi connectivity index (χ4v) is 2.24. The minimum Gasteiger partial charge on any atom is -0.481 e. The Kier molecular flexibility index (Phi) is 3.91. The summed E-state index contributed by atoms with van der Waals surface area (Å²) >= 11 is 0. The van der Waals surface area contributed by atoms with Gasteiger partial charge in [0.05, 0.1) is 5.92 Å². The molecule has 1 saturated carbocycles. The average molecular weight is 252 g/mol. The van der Waals surface area contributed by atoms with Gasteiger partial charge in [0, 0.05) is 18.9 Å². The van der Waals surface area contributed by atoms with Gasteiger partial charge in [-0.05, 0) is 19.3 Å². The predicted octanol–water partition coefficient (Wildman–Crippen LogP) is -0.0357. The quantitative estimate of drug-likeness (QED) is 0.681. The molecule has 7 heteroatoms. The maximum absolute atomic E-state index is 11.8. The van der Waals surface area contributed by atoms with Crippen molar-refractivity contribution >= 4 is 11.9 Å². The summed E-state index contributed by atoms with van der Waals surface area (Å²) < 4.78 is 0. The molecule has 0 spiro atoms. The van der Waals surface area contributed by atoms with Gasteiger partial charge < -0.3 is 10.4 Å². The minimum atomic E-state index is -0.799. The molecule has 0 aromatic carbocycles. The topological polar surface area (TPSA) is 108 Å². The van der Waals surface area contributed by atoms with Gasteiger partial charge in [-0.25, -0.2) is 4.98 Å². The molecule has 1 fully saturated rings. The second kappa shape index (κ2) is 5.61. The van der Waals surface area contributed by atoms with E-state index in [2.05, 4.69) is 20.5 Å². The van der Waals surface area contributed by atoms with Crippen LogP contribution in [0.25, 0.3) is 0 Å². The van der Waals surface area contributed by atoms with Crippen molar-refractivity contribution in [2.24, 2.45) is 11.8 Å². The van der Waals surface area contributed by atoms with Gasteiger partial charge in [0.2, 0.25) is 5.91 Å². The number of carbonyl (C=O) groups is 2. The number of aromatic nitrogens is 3. The Balaban J connectivity index is 1.71. The van der Waals surface area contributed by atoms with Crippen LogP contribution in [0.2, 0.25) is 0 Å². The average Bonchev–Trinajstić information content (AvgIpc) is 2.99. The predicted molar refractivity (Wildman–Crippen MR) is 61.6 cm³/mol. The Labute approximate surface area is 104 Å². The summed E-state index contributed by atoms with van der Waals surface area (Å²) in [6.45, 7) is 0.488. The summed E-state index contributed by atoms with van der Waals surface area (Å²) in [7, 11) is 0. The molecule has 1 aromatic heterocycles. The highest BCUT2D eigenvalue weighted by molar-refractivity contribution is 5.80. The number of rotatable bonds is 5. The van der Waals surface area contributed by atoms with Crippen molar-refractivity contribution in [3.63, 3.8) is 0 Å². The van der Waals surface area contributed by atoms with Crippen LogP contribution in [0.5, 0.6) is 0 Å². The van der Waals surface area contributed by atoms with Gasteiger partial charge in [-0.2, -0.15) is 5.10 Å².